The molecule has 2 atom stereocenters. The molecule has 4 aromatic carbocycles. The minimum Gasteiger partial charge on any atom is -0.481 e. The van der Waals surface area contributed by atoms with E-state index in [1.807, 2.05) is 117 Å². The average Bonchev–Trinajstić information content (AvgIpc) is 3.13. The largest absolute Gasteiger partial charge is 0.481 e. The van der Waals surface area contributed by atoms with Gasteiger partial charge in [-0.05, 0) is 57.6 Å². The summed E-state index contributed by atoms with van der Waals surface area (Å²) in [5, 5.41) is 11.6. The molecule has 0 spiro atoms. The van der Waals surface area contributed by atoms with Crippen LogP contribution in [-0.2, 0) is 24.7 Å². The van der Waals surface area contributed by atoms with Crippen molar-refractivity contribution in [1.82, 2.24) is 4.98 Å². The fourth-order valence-electron chi connectivity index (χ4n) is 6.90. The molecule has 1 aromatic heterocycles. The zero-order valence-corrected chi connectivity index (χ0v) is 32.4. The lowest BCUT2D eigenvalue weighted by Crippen LogP contribution is -2.68. The number of halogens is 1. The van der Waals surface area contributed by atoms with E-state index in [1.54, 1.807) is 12.1 Å². The van der Waals surface area contributed by atoms with E-state index in [9.17, 15) is 18.9 Å². The van der Waals surface area contributed by atoms with Crippen molar-refractivity contribution in [3.8, 4) is 22.4 Å². The molecule has 0 bridgehead atoms. The third-order valence-corrected chi connectivity index (χ3v) is 15.6. The molecule has 0 saturated heterocycles. The van der Waals surface area contributed by atoms with Crippen molar-refractivity contribution >= 4 is 38.8 Å². The highest BCUT2D eigenvalue weighted by Crippen LogP contribution is 2.40. The summed E-state index contributed by atoms with van der Waals surface area (Å²) in [4.78, 5) is 17.2. The molecule has 5 aromatic rings. The second-order valence-corrected chi connectivity index (χ2v) is 19.5. The Kier molecular flexibility index (Phi) is 12.9. The van der Waals surface area contributed by atoms with Crippen molar-refractivity contribution in [2.45, 2.75) is 58.6 Å². The topological polar surface area (TPSA) is 85.7 Å². The van der Waals surface area contributed by atoms with Gasteiger partial charge in [0, 0.05) is 23.0 Å². The molecule has 52 heavy (non-hydrogen) atoms. The second kappa shape index (κ2) is 17.4. The fraction of sp³-hybridized carbons (Fsp3) is 0.256. The highest BCUT2D eigenvalue weighted by molar-refractivity contribution is 7.39. The van der Waals surface area contributed by atoms with Gasteiger partial charge >= 0.3 is 5.97 Å². The van der Waals surface area contributed by atoms with Crippen LogP contribution in [0.2, 0.25) is 5.04 Å². The first-order chi connectivity index (χ1) is 24.9. The normalized spacial score (nSPS) is 13.3. The molecule has 270 valence electrons. The molecule has 0 aliphatic heterocycles. The molecule has 1 heterocycles. The zero-order valence-electron chi connectivity index (χ0n) is 30.4. The van der Waals surface area contributed by atoms with Crippen LogP contribution in [0.4, 0.5) is 4.39 Å². The second-order valence-electron chi connectivity index (χ2n) is 13.8. The summed E-state index contributed by atoms with van der Waals surface area (Å²) in [6, 6.07) is 36.4. The van der Waals surface area contributed by atoms with Crippen molar-refractivity contribution in [3.63, 3.8) is 0 Å². The Morgan fingerprint density at radius 1 is 0.885 bits per heavy atom. The van der Waals surface area contributed by atoms with Crippen molar-refractivity contribution < 1.29 is 27.8 Å². The molecule has 6 nitrogen and oxygen atoms in total. The fourth-order valence-corrected chi connectivity index (χ4v) is 12.7. The Bertz CT molecular complexity index is 1960. The lowest BCUT2D eigenvalue weighted by molar-refractivity contribution is -0.138. The molecule has 1 unspecified atom stereocenters. The van der Waals surface area contributed by atoms with Gasteiger partial charge in [-0.3, -0.25) is 14.3 Å². The number of pyridine rings is 1. The van der Waals surface area contributed by atoms with Gasteiger partial charge in [-0.15, -0.1) is 0 Å². The summed E-state index contributed by atoms with van der Waals surface area (Å²) in [6.45, 7) is 10.5. The Morgan fingerprint density at radius 2 is 1.44 bits per heavy atom. The van der Waals surface area contributed by atoms with Crippen LogP contribution >= 0.6 is 8.03 Å². The molecule has 5 rings (SSSR count). The van der Waals surface area contributed by atoms with Crippen LogP contribution in [0.5, 0.6) is 0 Å². The first-order valence-corrected chi connectivity index (χ1v) is 21.1. The summed E-state index contributed by atoms with van der Waals surface area (Å²) in [5.41, 5.74) is 6.36. The Labute approximate surface area is 308 Å². The molecule has 9 heteroatoms. The Hall–Kier alpha value is -4.46. The lowest BCUT2D eigenvalue weighted by Gasteiger charge is -2.45. The van der Waals surface area contributed by atoms with Gasteiger partial charge in [-0.25, -0.2) is 4.39 Å². The number of carboxylic acid groups (broad SMARTS) is 1. The van der Waals surface area contributed by atoms with E-state index in [2.05, 4.69) is 20.8 Å². The highest BCUT2D eigenvalue weighted by atomic mass is 31.1. The number of carbonyl (C=O) groups is 1. The number of nitrogens with zero attached hydrogens (tertiary/aromatic N) is 1. The summed E-state index contributed by atoms with van der Waals surface area (Å²) < 4.78 is 40.5. The maximum atomic E-state index is 14.0. The zero-order chi connectivity index (χ0) is 37.3. The van der Waals surface area contributed by atoms with Gasteiger partial charge in [0.15, 0.2) is 8.03 Å². The Morgan fingerprint density at radius 3 is 1.96 bits per heavy atom. The van der Waals surface area contributed by atoms with E-state index < -0.39 is 28.4 Å². The number of aliphatic carboxylic acids is 1. The third kappa shape index (κ3) is 8.94. The van der Waals surface area contributed by atoms with Crippen LogP contribution in [0.15, 0.2) is 121 Å². The number of carboxylic acids is 1. The van der Waals surface area contributed by atoms with Crippen LogP contribution in [0.25, 0.3) is 28.5 Å². The maximum Gasteiger partial charge on any atom is 0.305 e. The SMILES string of the molecule is CCc1nc(-c2ccccc2)c(C)c(-c2ccc(F)cc2)c1/C=C/CO[PH](=O)C[C@H](CC(=O)O)O[Si](c1ccccc1)(c1ccccc1)C(C)(C)C. The van der Waals surface area contributed by atoms with Gasteiger partial charge in [0.05, 0.1) is 24.8 Å². The third-order valence-electron chi connectivity index (χ3n) is 9.25. The van der Waals surface area contributed by atoms with Crippen molar-refractivity contribution in [1.29, 1.82) is 0 Å². The van der Waals surface area contributed by atoms with E-state index in [4.69, 9.17) is 13.9 Å². The standard InChI is InChI=1S/C43H47FNO5PSi/c1-6-39-38(41(32-24-26-34(44)27-25-32)31(2)42(45-39)33-17-10-7-11-18-33)23-16-28-49-51(48)30-35(29-40(46)47)50-52(43(3,4)5,36-19-12-8-13-20-36)37-21-14-9-15-22-37/h7-27,35,51H,6,28-30H2,1-5H3,(H,46,47)/b23-16+/t35-/m0/s1. The van der Waals surface area contributed by atoms with Gasteiger partial charge < -0.3 is 14.1 Å². The van der Waals surface area contributed by atoms with E-state index in [-0.39, 0.29) is 30.0 Å². The summed E-state index contributed by atoms with van der Waals surface area (Å²) in [5.74, 6) is -1.34. The minimum atomic E-state index is -3.10. The van der Waals surface area contributed by atoms with E-state index in [0.717, 1.165) is 49.6 Å². The van der Waals surface area contributed by atoms with Gasteiger partial charge in [-0.2, -0.15) is 0 Å². The first-order valence-electron chi connectivity index (χ1n) is 17.6. The molecular weight excluding hydrogens is 689 g/mol. The van der Waals surface area contributed by atoms with Gasteiger partial charge in [0.1, 0.15) is 5.82 Å². The molecule has 0 fully saturated rings. The molecule has 0 saturated carbocycles. The van der Waals surface area contributed by atoms with Crippen LogP contribution in [0.3, 0.4) is 0 Å². The molecule has 1 N–H and O–H groups in total. The monoisotopic (exact) mass is 735 g/mol. The minimum absolute atomic E-state index is 0.0389. The smallest absolute Gasteiger partial charge is 0.305 e. The van der Waals surface area contributed by atoms with Crippen LogP contribution in [0, 0.1) is 12.7 Å². The molecule has 0 aliphatic carbocycles. The van der Waals surface area contributed by atoms with Crippen molar-refractivity contribution in [3.05, 3.63) is 144 Å². The van der Waals surface area contributed by atoms with Crippen molar-refractivity contribution in [2.24, 2.45) is 0 Å². The number of rotatable bonds is 15. The summed E-state index contributed by atoms with van der Waals surface area (Å²) in [7, 11) is -5.83. The van der Waals surface area contributed by atoms with E-state index >= 15 is 0 Å². The van der Waals surface area contributed by atoms with Crippen LogP contribution < -0.4 is 10.4 Å². The number of aryl methyl sites for hydroxylation is 1. The van der Waals surface area contributed by atoms with Gasteiger partial charge in [0.25, 0.3) is 8.32 Å². The Balaban J connectivity index is 1.42. The highest BCUT2D eigenvalue weighted by Gasteiger charge is 2.51. The number of aromatic nitrogens is 1. The van der Waals surface area contributed by atoms with Crippen LogP contribution in [-0.4, -0.2) is 43.2 Å². The molecule has 0 amide bonds. The number of benzene rings is 4. The molecular formula is C43H47FNO5PSi. The molecule has 0 aliphatic rings. The van der Waals surface area contributed by atoms with Gasteiger partial charge in [0.2, 0.25) is 0 Å². The summed E-state index contributed by atoms with van der Waals surface area (Å²) in [6.07, 6.45) is 3.20. The van der Waals surface area contributed by atoms with Gasteiger partial charge in [-0.1, -0.05) is 143 Å². The molecule has 0 radical (unpaired) electrons. The van der Waals surface area contributed by atoms with E-state index in [1.165, 1.54) is 12.1 Å². The quantitative estimate of drug-likeness (QED) is 0.0853. The number of hydrogen-bond donors (Lipinski definition) is 1. The maximum absolute atomic E-state index is 14.0. The summed E-state index contributed by atoms with van der Waals surface area (Å²) >= 11 is 0. The van der Waals surface area contributed by atoms with Crippen molar-refractivity contribution in [2.75, 3.05) is 12.8 Å². The van der Waals surface area contributed by atoms with E-state index in [0.29, 0.717) is 6.42 Å². The average molecular weight is 736 g/mol. The lowest BCUT2D eigenvalue weighted by atomic mass is 9.90. The first kappa shape index (κ1) is 38.8. The van der Waals surface area contributed by atoms with Crippen LogP contribution in [0.1, 0.15) is 50.9 Å². The number of hydrogen-bond acceptors (Lipinski definition) is 5. The predicted molar refractivity (Wildman–Crippen MR) is 213 cm³/mol. The predicted octanol–water partition coefficient (Wildman–Crippen LogP) is 9.35.